The van der Waals surface area contributed by atoms with E-state index in [1.165, 1.54) is 0 Å². The maximum atomic E-state index is 11.7. The third kappa shape index (κ3) is 4.55. The molecule has 0 unspecified atom stereocenters. The molecule has 0 atom stereocenters. The van der Waals surface area contributed by atoms with Crippen molar-refractivity contribution in [3.05, 3.63) is 34.9 Å². The second-order valence-electron chi connectivity index (χ2n) is 4.51. The molecule has 4 nitrogen and oxygen atoms in total. The Hall–Kier alpha value is -1.26. The average Bonchev–Trinajstić information content (AvgIpc) is 2.29. The normalized spacial score (nSPS) is 11.1. The van der Waals surface area contributed by atoms with Crippen LogP contribution in [0.25, 0.3) is 0 Å². The zero-order valence-corrected chi connectivity index (χ0v) is 11.7. The topological polar surface area (TPSA) is 50.4 Å². The molecule has 0 radical (unpaired) electrons. The van der Waals surface area contributed by atoms with E-state index >= 15 is 0 Å². The largest absolute Gasteiger partial charge is 0.383 e. The van der Waals surface area contributed by atoms with Gasteiger partial charge >= 0.3 is 6.03 Å². The van der Waals surface area contributed by atoms with Crippen LogP contribution in [-0.4, -0.2) is 26.3 Å². The second-order valence-corrected chi connectivity index (χ2v) is 4.94. The van der Waals surface area contributed by atoms with Crippen LogP contribution in [0, 0.1) is 0 Å². The first kappa shape index (κ1) is 14.8. The summed E-state index contributed by atoms with van der Waals surface area (Å²) in [6, 6.07) is 7.20. The maximum absolute atomic E-state index is 11.7. The summed E-state index contributed by atoms with van der Waals surface area (Å²) in [5.74, 6) is 0. The fraction of sp³-hybridized carbons (Fsp3) is 0.462. The number of methoxy groups -OCH3 is 1. The smallest absolute Gasteiger partial charge is 0.315 e. The van der Waals surface area contributed by atoms with Gasteiger partial charge in [-0.25, -0.2) is 4.79 Å². The summed E-state index contributed by atoms with van der Waals surface area (Å²) >= 11 is 5.84. The summed E-state index contributed by atoms with van der Waals surface area (Å²) in [5.41, 5.74) is 0.538. The third-order valence-electron chi connectivity index (χ3n) is 2.58. The highest BCUT2D eigenvalue weighted by Crippen LogP contribution is 2.21. The van der Waals surface area contributed by atoms with E-state index in [0.29, 0.717) is 18.2 Å². The van der Waals surface area contributed by atoms with Gasteiger partial charge in [0.25, 0.3) is 0 Å². The lowest BCUT2D eigenvalue weighted by atomic mass is 9.94. The Kier molecular flexibility index (Phi) is 5.44. The monoisotopic (exact) mass is 270 g/mol. The van der Waals surface area contributed by atoms with Crippen molar-refractivity contribution in [2.24, 2.45) is 0 Å². The van der Waals surface area contributed by atoms with Crippen molar-refractivity contribution < 1.29 is 9.53 Å². The first-order chi connectivity index (χ1) is 8.45. The van der Waals surface area contributed by atoms with E-state index < -0.39 is 5.54 Å². The average molecular weight is 271 g/mol. The van der Waals surface area contributed by atoms with E-state index in [-0.39, 0.29) is 6.03 Å². The number of benzene rings is 1. The Balaban J connectivity index is 2.58. The number of nitrogens with one attached hydrogen (secondary N) is 2. The Bertz CT molecular complexity index is 390. The standard InChI is InChI=1S/C13H19ClN2O2/c1-13(2,10-4-6-11(14)7-5-10)16-12(17)15-8-9-18-3/h4-7H,8-9H2,1-3H3,(H2,15,16,17). The summed E-state index contributed by atoms with van der Waals surface area (Å²) in [6.07, 6.45) is 0. The molecule has 2 amide bonds. The van der Waals surface area contributed by atoms with E-state index in [2.05, 4.69) is 10.6 Å². The molecule has 0 saturated carbocycles. The fourth-order valence-electron chi connectivity index (χ4n) is 1.53. The van der Waals surface area contributed by atoms with Gasteiger partial charge in [-0.3, -0.25) is 0 Å². The third-order valence-corrected chi connectivity index (χ3v) is 2.84. The molecule has 0 saturated heterocycles. The van der Waals surface area contributed by atoms with Gasteiger partial charge in [0.1, 0.15) is 0 Å². The minimum absolute atomic E-state index is 0.216. The van der Waals surface area contributed by atoms with E-state index in [0.717, 1.165) is 5.56 Å². The summed E-state index contributed by atoms with van der Waals surface area (Å²) in [4.78, 5) is 11.7. The molecule has 1 aromatic carbocycles. The van der Waals surface area contributed by atoms with Crippen molar-refractivity contribution >= 4 is 17.6 Å². The number of halogens is 1. The molecule has 0 bridgehead atoms. The van der Waals surface area contributed by atoms with Crippen molar-refractivity contribution in [2.45, 2.75) is 19.4 Å². The zero-order valence-electron chi connectivity index (χ0n) is 10.9. The van der Waals surface area contributed by atoms with E-state index in [1.807, 2.05) is 38.1 Å². The minimum atomic E-state index is -0.457. The van der Waals surface area contributed by atoms with Crippen LogP contribution in [-0.2, 0) is 10.3 Å². The molecule has 100 valence electrons. The molecule has 5 heteroatoms. The molecule has 0 aliphatic carbocycles. The first-order valence-corrected chi connectivity index (χ1v) is 6.14. The molecule has 1 aromatic rings. The Labute approximate surface area is 113 Å². The van der Waals surface area contributed by atoms with Crippen LogP contribution >= 0.6 is 11.6 Å². The number of amides is 2. The van der Waals surface area contributed by atoms with Crippen LogP contribution in [0.1, 0.15) is 19.4 Å². The van der Waals surface area contributed by atoms with E-state index in [9.17, 15) is 4.79 Å². The summed E-state index contributed by atoms with van der Waals surface area (Å²) in [7, 11) is 1.59. The van der Waals surface area contributed by atoms with Crippen LogP contribution in [0.4, 0.5) is 4.79 Å². The van der Waals surface area contributed by atoms with Crippen molar-refractivity contribution in [1.82, 2.24) is 10.6 Å². The highest BCUT2D eigenvalue weighted by Gasteiger charge is 2.22. The second kappa shape index (κ2) is 6.61. The maximum Gasteiger partial charge on any atom is 0.315 e. The molecular formula is C13H19ClN2O2. The zero-order chi connectivity index (χ0) is 13.6. The number of urea groups is 1. The quantitative estimate of drug-likeness (QED) is 0.808. The van der Waals surface area contributed by atoms with Crippen LogP contribution in [0.5, 0.6) is 0 Å². The SMILES string of the molecule is COCCNC(=O)NC(C)(C)c1ccc(Cl)cc1. The molecule has 0 heterocycles. The molecule has 0 fully saturated rings. The molecule has 2 N–H and O–H groups in total. The van der Waals surface area contributed by atoms with Crippen LogP contribution < -0.4 is 10.6 Å². The molecule has 0 spiro atoms. The van der Waals surface area contributed by atoms with Gasteiger partial charge < -0.3 is 15.4 Å². The summed E-state index contributed by atoms with van der Waals surface area (Å²) in [5, 5.41) is 6.30. The molecular weight excluding hydrogens is 252 g/mol. The van der Waals surface area contributed by atoms with Crippen molar-refractivity contribution in [2.75, 3.05) is 20.3 Å². The van der Waals surface area contributed by atoms with Gasteiger partial charge in [0.2, 0.25) is 0 Å². The predicted molar refractivity (Wildman–Crippen MR) is 72.9 cm³/mol. The van der Waals surface area contributed by atoms with Crippen LogP contribution in [0.15, 0.2) is 24.3 Å². The Morgan fingerprint density at radius 1 is 1.33 bits per heavy atom. The van der Waals surface area contributed by atoms with Crippen molar-refractivity contribution in [3.63, 3.8) is 0 Å². The number of hydrogen-bond acceptors (Lipinski definition) is 2. The summed E-state index contributed by atoms with van der Waals surface area (Å²) in [6.45, 7) is 4.85. The lowest BCUT2D eigenvalue weighted by Crippen LogP contribution is -2.47. The number of carbonyl (C=O) groups is 1. The number of ether oxygens (including phenoxy) is 1. The Morgan fingerprint density at radius 3 is 2.50 bits per heavy atom. The van der Waals surface area contributed by atoms with Gasteiger partial charge in [0.15, 0.2) is 0 Å². The van der Waals surface area contributed by atoms with E-state index in [4.69, 9.17) is 16.3 Å². The van der Waals surface area contributed by atoms with Gasteiger partial charge in [-0.1, -0.05) is 23.7 Å². The number of hydrogen-bond donors (Lipinski definition) is 2. The minimum Gasteiger partial charge on any atom is -0.383 e. The number of rotatable bonds is 5. The van der Waals surface area contributed by atoms with Gasteiger partial charge in [0.05, 0.1) is 12.1 Å². The molecule has 1 rings (SSSR count). The first-order valence-electron chi connectivity index (χ1n) is 5.76. The molecule has 0 aliphatic rings. The Morgan fingerprint density at radius 2 is 1.94 bits per heavy atom. The van der Waals surface area contributed by atoms with Crippen molar-refractivity contribution in [3.8, 4) is 0 Å². The summed E-state index contributed by atoms with van der Waals surface area (Å²) < 4.78 is 4.86. The van der Waals surface area contributed by atoms with Gasteiger partial charge in [0, 0.05) is 18.7 Å². The van der Waals surface area contributed by atoms with Crippen molar-refractivity contribution in [1.29, 1.82) is 0 Å². The molecule has 0 aromatic heterocycles. The van der Waals surface area contributed by atoms with Gasteiger partial charge in [-0.2, -0.15) is 0 Å². The highest BCUT2D eigenvalue weighted by atomic mass is 35.5. The number of carbonyl (C=O) groups excluding carboxylic acids is 1. The lowest BCUT2D eigenvalue weighted by molar-refractivity contribution is 0.193. The van der Waals surface area contributed by atoms with Gasteiger partial charge in [-0.05, 0) is 31.5 Å². The fourth-order valence-corrected chi connectivity index (χ4v) is 1.66. The lowest BCUT2D eigenvalue weighted by Gasteiger charge is -2.27. The van der Waals surface area contributed by atoms with E-state index in [1.54, 1.807) is 7.11 Å². The molecule has 0 aliphatic heterocycles. The van der Waals surface area contributed by atoms with Gasteiger partial charge in [-0.15, -0.1) is 0 Å². The highest BCUT2D eigenvalue weighted by molar-refractivity contribution is 6.30. The van der Waals surface area contributed by atoms with Crippen LogP contribution in [0.2, 0.25) is 5.02 Å². The molecule has 18 heavy (non-hydrogen) atoms. The predicted octanol–water partition coefficient (Wildman–Crippen LogP) is 2.52. The van der Waals surface area contributed by atoms with Crippen LogP contribution in [0.3, 0.4) is 0 Å².